The molecule has 2 rings (SSSR count). The van der Waals surface area contributed by atoms with E-state index in [0.29, 0.717) is 13.2 Å². The van der Waals surface area contributed by atoms with Crippen molar-refractivity contribution in [2.75, 3.05) is 13.2 Å². The molecule has 1 aromatic carbocycles. The molecule has 0 aliphatic rings. The van der Waals surface area contributed by atoms with Gasteiger partial charge in [-0.15, -0.1) is 11.3 Å². The monoisotopic (exact) mass is 433 g/mol. The average molecular weight is 435 g/mol. The Labute approximate surface area is 145 Å². The van der Waals surface area contributed by atoms with Gasteiger partial charge < -0.3 is 15.2 Å². The molecule has 0 saturated heterocycles. The summed E-state index contributed by atoms with van der Waals surface area (Å²) in [6.45, 7) is 5.10. The van der Waals surface area contributed by atoms with Crippen LogP contribution in [0.4, 0.5) is 0 Å². The highest BCUT2D eigenvalue weighted by Crippen LogP contribution is 2.38. The Bertz CT molecular complexity index is 616. The van der Waals surface area contributed by atoms with Gasteiger partial charge in [-0.3, -0.25) is 0 Å². The van der Waals surface area contributed by atoms with E-state index in [4.69, 9.17) is 15.2 Å². The van der Waals surface area contributed by atoms with E-state index < -0.39 is 0 Å². The topological polar surface area (TPSA) is 44.5 Å². The van der Waals surface area contributed by atoms with E-state index in [1.165, 1.54) is 0 Å². The summed E-state index contributed by atoms with van der Waals surface area (Å²) in [6, 6.07) is 7.68. The lowest BCUT2D eigenvalue weighted by Crippen LogP contribution is -2.12. The summed E-state index contributed by atoms with van der Waals surface area (Å²) in [5.41, 5.74) is 8.43. The molecule has 1 heterocycles. The Morgan fingerprint density at radius 2 is 1.76 bits per heavy atom. The lowest BCUT2D eigenvalue weighted by molar-refractivity contribution is 0.287. The molecular formula is C15H17Br2NO2S. The van der Waals surface area contributed by atoms with Crippen LogP contribution in [0, 0.1) is 0 Å². The first-order valence-corrected chi connectivity index (χ1v) is 9.06. The fourth-order valence-corrected chi connectivity index (χ4v) is 4.93. The lowest BCUT2D eigenvalue weighted by Gasteiger charge is -2.16. The molecule has 21 heavy (non-hydrogen) atoms. The standard InChI is InChI=1S/C15H17Br2NO2S/c1-3-19-11-6-5-9(7-12(11)20-4-2)14(18)10-8-13(16)21-15(10)17/h5-8,14H,3-4,18H2,1-2H3. The van der Waals surface area contributed by atoms with Gasteiger partial charge in [0.2, 0.25) is 0 Å². The van der Waals surface area contributed by atoms with Crippen LogP contribution in [0.1, 0.15) is 31.0 Å². The number of hydrogen-bond acceptors (Lipinski definition) is 4. The zero-order valence-electron chi connectivity index (χ0n) is 11.9. The van der Waals surface area contributed by atoms with Gasteiger partial charge in [0, 0.05) is 0 Å². The second-order valence-electron chi connectivity index (χ2n) is 4.33. The molecule has 0 fully saturated rings. The fraction of sp³-hybridized carbons (Fsp3) is 0.333. The first kappa shape index (κ1) is 16.8. The van der Waals surface area contributed by atoms with Gasteiger partial charge in [0.05, 0.1) is 26.8 Å². The highest BCUT2D eigenvalue weighted by Gasteiger charge is 2.17. The molecule has 0 saturated carbocycles. The number of hydrogen-bond donors (Lipinski definition) is 1. The summed E-state index contributed by atoms with van der Waals surface area (Å²) in [7, 11) is 0. The highest BCUT2D eigenvalue weighted by atomic mass is 79.9. The predicted molar refractivity (Wildman–Crippen MR) is 94.5 cm³/mol. The van der Waals surface area contributed by atoms with E-state index in [-0.39, 0.29) is 6.04 Å². The van der Waals surface area contributed by atoms with Crippen molar-refractivity contribution in [1.82, 2.24) is 0 Å². The Hall–Kier alpha value is -0.560. The molecule has 3 nitrogen and oxygen atoms in total. The summed E-state index contributed by atoms with van der Waals surface area (Å²) in [5, 5.41) is 0. The maximum atomic E-state index is 6.38. The number of halogens is 2. The van der Waals surface area contributed by atoms with Crippen molar-refractivity contribution in [1.29, 1.82) is 0 Å². The highest BCUT2D eigenvalue weighted by molar-refractivity contribution is 9.12. The Kier molecular flexibility index (Phi) is 6.10. The second-order valence-corrected chi connectivity index (χ2v) is 8.08. The third kappa shape index (κ3) is 4.00. The van der Waals surface area contributed by atoms with E-state index >= 15 is 0 Å². The van der Waals surface area contributed by atoms with E-state index in [0.717, 1.165) is 30.2 Å². The summed E-state index contributed by atoms with van der Waals surface area (Å²) in [6.07, 6.45) is 0. The van der Waals surface area contributed by atoms with Crippen LogP contribution in [0.15, 0.2) is 31.8 Å². The quantitative estimate of drug-likeness (QED) is 0.686. The van der Waals surface area contributed by atoms with Crippen LogP contribution >= 0.6 is 43.2 Å². The van der Waals surface area contributed by atoms with E-state index in [1.807, 2.05) is 38.1 Å². The van der Waals surface area contributed by atoms with Gasteiger partial charge in [-0.25, -0.2) is 0 Å². The number of benzene rings is 1. The van der Waals surface area contributed by atoms with Crippen molar-refractivity contribution in [3.05, 3.63) is 43.0 Å². The molecule has 114 valence electrons. The largest absolute Gasteiger partial charge is 0.490 e. The van der Waals surface area contributed by atoms with Crippen molar-refractivity contribution >= 4 is 43.2 Å². The van der Waals surface area contributed by atoms with Crippen LogP contribution in [0.3, 0.4) is 0 Å². The molecule has 2 N–H and O–H groups in total. The minimum absolute atomic E-state index is 0.211. The van der Waals surface area contributed by atoms with Gasteiger partial charge in [0.1, 0.15) is 0 Å². The molecule has 0 spiro atoms. The third-order valence-electron chi connectivity index (χ3n) is 2.94. The van der Waals surface area contributed by atoms with Crippen LogP contribution < -0.4 is 15.2 Å². The molecule has 2 aromatic rings. The first-order valence-electron chi connectivity index (χ1n) is 6.66. The maximum Gasteiger partial charge on any atom is 0.161 e. The summed E-state index contributed by atoms with van der Waals surface area (Å²) >= 11 is 8.66. The van der Waals surface area contributed by atoms with Crippen molar-refractivity contribution in [2.45, 2.75) is 19.9 Å². The molecule has 0 aliphatic heterocycles. The van der Waals surface area contributed by atoms with Gasteiger partial charge in [-0.1, -0.05) is 6.07 Å². The third-order valence-corrected chi connectivity index (χ3v) is 5.33. The van der Waals surface area contributed by atoms with E-state index in [9.17, 15) is 0 Å². The van der Waals surface area contributed by atoms with Crippen LogP contribution in [-0.4, -0.2) is 13.2 Å². The zero-order chi connectivity index (χ0) is 15.4. The molecule has 0 radical (unpaired) electrons. The molecule has 6 heteroatoms. The Morgan fingerprint density at radius 1 is 1.10 bits per heavy atom. The number of rotatable bonds is 6. The van der Waals surface area contributed by atoms with Crippen molar-refractivity contribution < 1.29 is 9.47 Å². The average Bonchev–Trinajstić information content (AvgIpc) is 2.79. The van der Waals surface area contributed by atoms with Gasteiger partial charge in [0.15, 0.2) is 11.5 Å². The molecule has 0 bridgehead atoms. The van der Waals surface area contributed by atoms with Crippen LogP contribution in [0.25, 0.3) is 0 Å². The molecule has 1 unspecified atom stereocenters. The Balaban J connectivity index is 2.35. The van der Waals surface area contributed by atoms with Crippen molar-refractivity contribution in [2.24, 2.45) is 5.73 Å². The number of nitrogens with two attached hydrogens (primary N) is 1. The molecule has 0 amide bonds. The molecule has 0 aliphatic carbocycles. The number of thiophene rings is 1. The van der Waals surface area contributed by atoms with Crippen LogP contribution in [-0.2, 0) is 0 Å². The molecule has 1 aromatic heterocycles. The second kappa shape index (κ2) is 7.63. The molecular weight excluding hydrogens is 418 g/mol. The first-order chi connectivity index (χ1) is 10.1. The summed E-state index contributed by atoms with van der Waals surface area (Å²) in [5.74, 6) is 1.48. The summed E-state index contributed by atoms with van der Waals surface area (Å²) in [4.78, 5) is 0. The Morgan fingerprint density at radius 3 is 2.33 bits per heavy atom. The van der Waals surface area contributed by atoms with Gasteiger partial charge >= 0.3 is 0 Å². The SMILES string of the molecule is CCOc1ccc(C(N)c2cc(Br)sc2Br)cc1OCC. The van der Waals surface area contributed by atoms with Crippen molar-refractivity contribution in [3.8, 4) is 11.5 Å². The number of ether oxygens (including phenoxy) is 2. The molecule has 1 atom stereocenters. The van der Waals surface area contributed by atoms with Gasteiger partial charge in [-0.05, 0) is 75.0 Å². The zero-order valence-corrected chi connectivity index (χ0v) is 15.8. The minimum atomic E-state index is -0.211. The van der Waals surface area contributed by atoms with E-state index in [1.54, 1.807) is 11.3 Å². The van der Waals surface area contributed by atoms with Crippen LogP contribution in [0.5, 0.6) is 11.5 Å². The summed E-state index contributed by atoms with van der Waals surface area (Å²) < 4.78 is 13.3. The predicted octanol–water partition coefficient (Wildman–Crippen LogP) is 5.12. The van der Waals surface area contributed by atoms with Gasteiger partial charge in [0.25, 0.3) is 0 Å². The minimum Gasteiger partial charge on any atom is -0.490 e. The smallest absolute Gasteiger partial charge is 0.161 e. The van der Waals surface area contributed by atoms with Crippen molar-refractivity contribution in [3.63, 3.8) is 0 Å². The normalized spacial score (nSPS) is 12.2. The van der Waals surface area contributed by atoms with Crippen LogP contribution in [0.2, 0.25) is 0 Å². The van der Waals surface area contributed by atoms with Gasteiger partial charge in [-0.2, -0.15) is 0 Å². The lowest BCUT2D eigenvalue weighted by atomic mass is 10.0. The van der Waals surface area contributed by atoms with E-state index in [2.05, 4.69) is 31.9 Å². The fourth-order valence-electron chi connectivity index (χ4n) is 2.01. The maximum absolute atomic E-state index is 6.38.